The van der Waals surface area contributed by atoms with Gasteiger partial charge in [0.15, 0.2) is 5.82 Å². The quantitative estimate of drug-likeness (QED) is 0.468. The third kappa shape index (κ3) is 4.29. The lowest BCUT2D eigenvalue weighted by Crippen LogP contribution is -2.46. The number of ether oxygens (including phenoxy) is 1. The molecule has 7 nitrogen and oxygen atoms in total. The van der Waals surface area contributed by atoms with Crippen molar-refractivity contribution < 1.29 is 23.0 Å². The third-order valence-corrected chi connectivity index (χ3v) is 7.56. The van der Waals surface area contributed by atoms with Gasteiger partial charge >= 0.3 is 5.92 Å². The first-order valence-corrected chi connectivity index (χ1v) is 12.6. The number of halogens is 3. The molecule has 2 aromatic heterocycles. The van der Waals surface area contributed by atoms with Gasteiger partial charge in [0.05, 0.1) is 59.5 Å². The summed E-state index contributed by atoms with van der Waals surface area (Å²) in [5.74, 6) is -4.46. The molecule has 2 N–H and O–H groups in total. The van der Waals surface area contributed by atoms with Crippen LogP contribution in [-0.4, -0.2) is 51.2 Å². The van der Waals surface area contributed by atoms with Crippen molar-refractivity contribution in [3.05, 3.63) is 52.6 Å². The molecular weight excluding hydrogens is 483 g/mol. The predicted molar refractivity (Wildman–Crippen MR) is 136 cm³/mol. The van der Waals surface area contributed by atoms with Gasteiger partial charge in [-0.05, 0) is 59.6 Å². The standard InChI is InChI=1S/C27H32F3N5O2/c1-14(19-7-6-8-21(23(19)28)27(29,30)26(4,5)36)32-25-20-11-22(15(2)31-24(20)16(3)33-34-25)35-17-9-10-18(35)13-37-12-17/h6-8,11,14,17-18,36H,9-10,12-13H2,1-5H3,(H,32,34)/t14-,17?,18?/m1/s1. The molecule has 5 rings (SSSR count). The molecule has 2 fully saturated rings. The Morgan fingerprint density at radius 1 is 1.11 bits per heavy atom. The second-order valence-electron chi connectivity index (χ2n) is 10.7. The maximum atomic E-state index is 15.4. The molecule has 0 saturated carbocycles. The van der Waals surface area contributed by atoms with Crippen LogP contribution in [0.25, 0.3) is 10.9 Å². The first-order valence-electron chi connectivity index (χ1n) is 12.6. The Bertz CT molecular complexity index is 1330. The molecule has 4 heterocycles. The van der Waals surface area contributed by atoms with Gasteiger partial charge in [-0.2, -0.15) is 13.9 Å². The largest absolute Gasteiger partial charge is 0.384 e. The second kappa shape index (κ2) is 9.09. The van der Waals surface area contributed by atoms with E-state index in [-0.39, 0.29) is 17.6 Å². The van der Waals surface area contributed by atoms with E-state index in [9.17, 15) is 13.9 Å². The maximum absolute atomic E-state index is 15.4. The number of anilines is 2. The molecule has 10 heteroatoms. The van der Waals surface area contributed by atoms with E-state index in [2.05, 4.69) is 20.4 Å². The summed E-state index contributed by atoms with van der Waals surface area (Å²) < 4.78 is 50.8. The van der Waals surface area contributed by atoms with Crippen molar-refractivity contribution in [1.29, 1.82) is 0 Å². The molecule has 1 aromatic carbocycles. The van der Waals surface area contributed by atoms with Crippen LogP contribution < -0.4 is 10.2 Å². The Balaban J connectivity index is 1.54. The molecule has 37 heavy (non-hydrogen) atoms. The molecular formula is C27H32F3N5O2. The summed E-state index contributed by atoms with van der Waals surface area (Å²) in [6.45, 7) is 8.74. The van der Waals surface area contributed by atoms with Crippen LogP contribution in [-0.2, 0) is 10.7 Å². The number of benzene rings is 1. The molecule has 0 aliphatic carbocycles. The molecule has 3 atom stereocenters. The lowest BCUT2D eigenvalue weighted by atomic mass is 9.91. The number of nitrogens with zero attached hydrogens (tertiary/aromatic N) is 4. The highest BCUT2D eigenvalue weighted by molar-refractivity contribution is 5.93. The minimum absolute atomic E-state index is 0.0310. The van der Waals surface area contributed by atoms with E-state index in [1.165, 1.54) is 12.1 Å². The number of aliphatic hydroxyl groups is 1. The first kappa shape index (κ1) is 25.7. The number of aryl methyl sites for hydroxylation is 2. The van der Waals surface area contributed by atoms with Gasteiger partial charge in [0.25, 0.3) is 0 Å². The highest BCUT2D eigenvalue weighted by atomic mass is 19.3. The van der Waals surface area contributed by atoms with Crippen LogP contribution in [0.3, 0.4) is 0 Å². The number of hydrogen-bond acceptors (Lipinski definition) is 7. The van der Waals surface area contributed by atoms with Crippen LogP contribution in [0.5, 0.6) is 0 Å². The van der Waals surface area contributed by atoms with Crippen LogP contribution >= 0.6 is 0 Å². The van der Waals surface area contributed by atoms with Crippen molar-refractivity contribution in [3.8, 4) is 0 Å². The molecule has 198 valence electrons. The SMILES string of the molecule is Cc1nc2c(C)nnc(N[C@H](C)c3cccc(C(F)(F)C(C)(C)O)c3F)c2cc1N1C2CCC1COC2. The van der Waals surface area contributed by atoms with Gasteiger partial charge < -0.3 is 20.1 Å². The summed E-state index contributed by atoms with van der Waals surface area (Å²) in [6, 6.07) is 5.71. The number of fused-ring (bicyclic) bond motifs is 3. The van der Waals surface area contributed by atoms with Crippen LogP contribution in [0.2, 0.25) is 0 Å². The molecule has 0 spiro atoms. The Morgan fingerprint density at radius 2 is 1.78 bits per heavy atom. The summed E-state index contributed by atoms with van der Waals surface area (Å²) in [5.41, 5.74) is -0.0315. The van der Waals surface area contributed by atoms with E-state index in [0.29, 0.717) is 30.2 Å². The van der Waals surface area contributed by atoms with Gasteiger partial charge in [-0.1, -0.05) is 12.1 Å². The number of morpholine rings is 1. The zero-order chi connectivity index (χ0) is 26.7. The number of alkyl halides is 2. The molecule has 0 amide bonds. The third-order valence-electron chi connectivity index (χ3n) is 7.56. The van der Waals surface area contributed by atoms with Crippen molar-refractivity contribution >= 4 is 22.4 Å². The molecule has 2 aliphatic rings. The maximum Gasteiger partial charge on any atom is 0.303 e. The average Bonchev–Trinajstić information content (AvgIpc) is 3.07. The first-order chi connectivity index (χ1) is 17.4. The highest BCUT2D eigenvalue weighted by Gasteiger charge is 2.49. The van der Waals surface area contributed by atoms with Gasteiger partial charge in [0, 0.05) is 10.9 Å². The lowest BCUT2D eigenvalue weighted by molar-refractivity contribution is -0.170. The zero-order valence-electron chi connectivity index (χ0n) is 21.6. The smallest absolute Gasteiger partial charge is 0.303 e. The predicted octanol–water partition coefficient (Wildman–Crippen LogP) is 5.18. The van der Waals surface area contributed by atoms with Gasteiger partial charge in [0.2, 0.25) is 0 Å². The summed E-state index contributed by atoms with van der Waals surface area (Å²) in [4.78, 5) is 7.24. The molecule has 2 bridgehead atoms. The van der Waals surface area contributed by atoms with Crippen molar-refractivity contribution in [2.45, 2.75) is 77.1 Å². The van der Waals surface area contributed by atoms with Crippen molar-refractivity contribution in [2.24, 2.45) is 0 Å². The van der Waals surface area contributed by atoms with Gasteiger partial charge in [-0.25, -0.2) is 9.37 Å². The van der Waals surface area contributed by atoms with Crippen LogP contribution in [0, 0.1) is 19.7 Å². The summed E-state index contributed by atoms with van der Waals surface area (Å²) >= 11 is 0. The topological polar surface area (TPSA) is 83.4 Å². The Labute approximate surface area is 214 Å². The number of nitrogens with one attached hydrogen (secondary N) is 1. The Morgan fingerprint density at radius 3 is 2.43 bits per heavy atom. The Kier molecular flexibility index (Phi) is 6.31. The van der Waals surface area contributed by atoms with Crippen LogP contribution in [0.4, 0.5) is 24.7 Å². The molecule has 3 aromatic rings. The minimum atomic E-state index is -3.78. The summed E-state index contributed by atoms with van der Waals surface area (Å²) in [6.07, 6.45) is 2.12. The van der Waals surface area contributed by atoms with E-state index in [1.807, 2.05) is 19.9 Å². The van der Waals surface area contributed by atoms with E-state index < -0.39 is 28.9 Å². The molecule has 2 saturated heterocycles. The number of pyridine rings is 1. The van der Waals surface area contributed by atoms with Crippen molar-refractivity contribution in [3.63, 3.8) is 0 Å². The number of aromatic nitrogens is 3. The molecule has 2 unspecified atom stereocenters. The van der Waals surface area contributed by atoms with E-state index in [1.54, 1.807) is 6.92 Å². The number of rotatable bonds is 6. The number of hydrogen-bond donors (Lipinski definition) is 2. The molecule has 2 aliphatic heterocycles. The van der Waals surface area contributed by atoms with E-state index in [0.717, 1.165) is 49.5 Å². The van der Waals surface area contributed by atoms with Gasteiger partial charge in [0.1, 0.15) is 11.4 Å². The monoisotopic (exact) mass is 515 g/mol. The zero-order valence-corrected chi connectivity index (χ0v) is 21.6. The fourth-order valence-electron chi connectivity index (χ4n) is 5.41. The van der Waals surface area contributed by atoms with Gasteiger partial charge in [-0.15, -0.1) is 5.10 Å². The van der Waals surface area contributed by atoms with E-state index >= 15 is 4.39 Å². The Hall–Kier alpha value is -2.98. The second-order valence-corrected chi connectivity index (χ2v) is 10.7. The molecule has 0 radical (unpaired) electrons. The normalized spacial score (nSPS) is 20.9. The van der Waals surface area contributed by atoms with Crippen LogP contribution in [0.1, 0.15) is 62.2 Å². The summed E-state index contributed by atoms with van der Waals surface area (Å²) in [7, 11) is 0. The van der Waals surface area contributed by atoms with Crippen molar-refractivity contribution in [2.75, 3.05) is 23.4 Å². The van der Waals surface area contributed by atoms with Crippen LogP contribution in [0.15, 0.2) is 24.3 Å². The van der Waals surface area contributed by atoms with Crippen molar-refractivity contribution in [1.82, 2.24) is 15.2 Å². The highest BCUT2D eigenvalue weighted by Crippen LogP contribution is 2.42. The average molecular weight is 516 g/mol. The fraction of sp³-hybridized carbons (Fsp3) is 0.519. The van der Waals surface area contributed by atoms with E-state index in [4.69, 9.17) is 9.72 Å². The summed E-state index contributed by atoms with van der Waals surface area (Å²) in [5, 5.41) is 22.4. The van der Waals surface area contributed by atoms with Gasteiger partial charge in [-0.3, -0.25) is 0 Å². The lowest BCUT2D eigenvalue weighted by Gasteiger charge is -2.37. The fourth-order valence-corrected chi connectivity index (χ4v) is 5.41. The minimum Gasteiger partial charge on any atom is -0.384 e.